The number of alkyl carbamates (subject to hydrolysis) is 1. The van der Waals surface area contributed by atoms with Gasteiger partial charge in [-0.05, 0) is 36.8 Å². The maximum absolute atomic E-state index is 12.2. The maximum Gasteiger partial charge on any atom is 0.414 e. The van der Waals surface area contributed by atoms with E-state index in [0.29, 0.717) is 17.1 Å². The molecular formula is C22H19NO4. The molecule has 3 rings (SSSR count). The summed E-state index contributed by atoms with van der Waals surface area (Å²) in [6.07, 6.45) is -0.775. The molecule has 136 valence electrons. The minimum Gasteiger partial charge on any atom is -0.457 e. The predicted molar refractivity (Wildman–Crippen MR) is 103 cm³/mol. The Bertz CT molecular complexity index is 938. The molecule has 0 saturated heterocycles. The number of hydrogen-bond acceptors (Lipinski definition) is 4. The van der Waals surface area contributed by atoms with Crippen LogP contribution >= 0.6 is 0 Å². The molecule has 3 aromatic carbocycles. The van der Waals surface area contributed by atoms with E-state index in [1.54, 1.807) is 31.2 Å². The van der Waals surface area contributed by atoms with Gasteiger partial charge in [0.2, 0.25) is 0 Å². The molecule has 5 heteroatoms. The van der Waals surface area contributed by atoms with Crippen LogP contribution in [-0.4, -0.2) is 18.6 Å². The van der Waals surface area contributed by atoms with Crippen molar-refractivity contribution in [1.82, 2.24) is 5.32 Å². The highest BCUT2D eigenvalue weighted by atomic mass is 16.5. The fourth-order valence-electron chi connectivity index (χ4n) is 2.57. The molecule has 0 aliphatic heterocycles. The van der Waals surface area contributed by atoms with E-state index in [4.69, 9.17) is 9.47 Å². The normalized spacial score (nSPS) is 10.1. The first-order chi connectivity index (χ1) is 13.2. The highest BCUT2D eigenvalue weighted by Gasteiger charge is 2.12. The van der Waals surface area contributed by atoms with E-state index < -0.39 is 12.0 Å². The maximum atomic E-state index is 12.2. The highest BCUT2D eigenvalue weighted by molar-refractivity contribution is 6.03. The van der Waals surface area contributed by atoms with Crippen molar-refractivity contribution in [2.75, 3.05) is 6.61 Å². The van der Waals surface area contributed by atoms with Gasteiger partial charge in [0.05, 0.1) is 6.61 Å². The second-order valence-corrected chi connectivity index (χ2v) is 5.67. The Morgan fingerprint density at radius 3 is 2.41 bits per heavy atom. The molecule has 27 heavy (non-hydrogen) atoms. The van der Waals surface area contributed by atoms with Crippen LogP contribution in [0.15, 0.2) is 78.9 Å². The molecule has 0 aliphatic carbocycles. The molecule has 0 saturated carbocycles. The van der Waals surface area contributed by atoms with Crippen LogP contribution in [-0.2, 0) is 4.74 Å². The number of imide groups is 1. The first-order valence-corrected chi connectivity index (χ1v) is 8.58. The Balaban J connectivity index is 1.82. The van der Waals surface area contributed by atoms with Gasteiger partial charge in [0.15, 0.2) is 0 Å². The molecule has 3 aromatic rings. The van der Waals surface area contributed by atoms with Crippen molar-refractivity contribution in [1.29, 1.82) is 0 Å². The van der Waals surface area contributed by atoms with Gasteiger partial charge in [-0.25, -0.2) is 4.79 Å². The summed E-state index contributed by atoms with van der Waals surface area (Å²) in [5.41, 5.74) is 2.28. The van der Waals surface area contributed by atoms with E-state index in [0.717, 1.165) is 11.1 Å². The summed E-state index contributed by atoms with van der Waals surface area (Å²) in [6, 6.07) is 24.2. The average molecular weight is 361 g/mol. The number of carbonyl (C=O) groups excluding carboxylic acids is 2. The fraction of sp³-hybridized carbons (Fsp3) is 0.0909. The lowest BCUT2D eigenvalue weighted by Gasteiger charge is -2.12. The van der Waals surface area contributed by atoms with Crippen LogP contribution in [0.3, 0.4) is 0 Å². The number of amides is 2. The van der Waals surface area contributed by atoms with Crippen molar-refractivity contribution in [2.24, 2.45) is 0 Å². The van der Waals surface area contributed by atoms with Gasteiger partial charge in [0.25, 0.3) is 5.91 Å². The molecule has 0 bridgehead atoms. The molecule has 0 aromatic heterocycles. The largest absolute Gasteiger partial charge is 0.457 e. The van der Waals surface area contributed by atoms with Crippen LogP contribution in [0, 0.1) is 0 Å². The van der Waals surface area contributed by atoms with E-state index in [-0.39, 0.29) is 6.61 Å². The van der Waals surface area contributed by atoms with E-state index in [2.05, 4.69) is 5.32 Å². The third kappa shape index (κ3) is 4.73. The number of rotatable bonds is 5. The highest BCUT2D eigenvalue weighted by Crippen LogP contribution is 2.33. The van der Waals surface area contributed by atoms with Gasteiger partial charge in [-0.15, -0.1) is 0 Å². The van der Waals surface area contributed by atoms with Crippen LogP contribution in [0.2, 0.25) is 0 Å². The van der Waals surface area contributed by atoms with Gasteiger partial charge in [-0.2, -0.15) is 0 Å². The number of benzene rings is 3. The van der Waals surface area contributed by atoms with E-state index >= 15 is 0 Å². The van der Waals surface area contributed by atoms with Gasteiger partial charge in [0, 0.05) is 11.1 Å². The lowest BCUT2D eigenvalue weighted by molar-refractivity contribution is 0.0924. The molecule has 0 heterocycles. The first-order valence-electron chi connectivity index (χ1n) is 8.58. The second kappa shape index (κ2) is 8.67. The van der Waals surface area contributed by atoms with Gasteiger partial charge in [-0.3, -0.25) is 10.1 Å². The Kier molecular flexibility index (Phi) is 5.84. The molecule has 2 amide bonds. The summed E-state index contributed by atoms with van der Waals surface area (Å²) < 4.78 is 10.7. The molecule has 0 unspecified atom stereocenters. The molecule has 1 N–H and O–H groups in total. The monoisotopic (exact) mass is 361 g/mol. The van der Waals surface area contributed by atoms with E-state index in [1.807, 2.05) is 54.6 Å². The van der Waals surface area contributed by atoms with Crippen LogP contribution in [0.25, 0.3) is 11.1 Å². The molecule has 0 aliphatic rings. The van der Waals surface area contributed by atoms with Crippen LogP contribution in [0.4, 0.5) is 4.79 Å². The van der Waals surface area contributed by atoms with Crippen molar-refractivity contribution >= 4 is 12.0 Å². The standard InChI is InChI=1S/C22H19NO4/c1-2-26-22(25)23-21(24)17-11-8-12-18(15-17)27-20-14-7-6-13-19(20)16-9-4-3-5-10-16/h3-15H,2H2,1H3,(H,23,24,25). The molecule has 5 nitrogen and oxygen atoms in total. The minimum atomic E-state index is -0.775. The molecule has 0 radical (unpaired) electrons. The topological polar surface area (TPSA) is 64.6 Å². The number of ether oxygens (including phenoxy) is 2. The van der Waals surface area contributed by atoms with Gasteiger partial charge in [-0.1, -0.05) is 54.6 Å². The Morgan fingerprint density at radius 1 is 0.889 bits per heavy atom. The molecule has 0 atom stereocenters. The third-order valence-electron chi connectivity index (χ3n) is 3.79. The summed E-state index contributed by atoms with van der Waals surface area (Å²) in [5.74, 6) is 0.622. The summed E-state index contributed by atoms with van der Waals surface area (Å²) in [7, 11) is 0. The summed E-state index contributed by atoms with van der Waals surface area (Å²) in [5, 5.41) is 2.17. The Morgan fingerprint density at radius 2 is 1.63 bits per heavy atom. The van der Waals surface area contributed by atoms with E-state index in [1.165, 1.54) is 0 Å². The van der Waals surface area contributed by atoms with Crippen molar-refractivity contribution in [3.8, 4) is 22.6 Å². The average Bonchev–Trinajstić information content (AvgIpc) is 2.69. The van der Waals surface area contributed by atoms with Crippen LogP contribution in [0.1, 0.15) is 17.3 Å². The quantitative estimate of drug-likeness (QED) is 0.692. The lowest BCUT2D eigenvalue weighted by Crippen LogP contribution is -2.30. The molecule has 0 spiro atoms. The van der Waals surface area contributed by atoms with Gasteiger partial charge in [0.1, 0.15) is 11.5 Å². The number of carbonyl (C=O) groups is 2. The predicted octanol–water partition coefficient (Wildman–Crippen LogP) is 5.03. The SMILES string of the molecule is CCOC(=O)NC(=O)c1cccc(Oc2ccccc2-c2ccccc2)c1. The number of hydrogen-bond donors (Lipinski definition) is 1. The first kappa shape index (κ1) is 18.2. The van der Waals surface area contributed by atoms with Crippen molar-refractivity contribution < 1.29 is 19.1 Å². The zero-order chi connectivity index (χ0) is 19.1. The zero-order valence-electron chi connectivity index (χ0n) is 14.8. The van der Waals surface area contributed by atoms with Crippen molar-refractivity contribution in [2.45, 2.75) is 6.92 Å². The molecular weight excluding hydrogens is 342 g/mol. The number of para-hydroxylation sites is 1. The van der Waals surface area contributed by atoms with Crippen molar-refractivity contribution in [3.05, 3.63) is 84.4 Å². The van der Waals surface area contributed by atoms with Crippen LogP contribution in [0.5, 0.6) is 11.5 Å². The molecule has 0 fully saturated rings. The van der Waals surface area contributed by atoms with Gasteiger partial charge >= 0.3 is 6.09 Å². The Hall–Kier alpha value is -3.60. The second-order valence-electron chi connectivity index (χ2n) is 5.67. The van der Waals surface area contributed by atoms with Crippen molar-refractivity contribution in [3.63, 3.8) is 0 Å². The summed E-state index contributed by atoms with van der Waals surface area (Å²) >= 11 is 0. The zero-order valence-corrected chi connectivity index (χ0v) is 14.8. The fourth-order valence-corrected chi connectivity index (χ4v) is 2.57. The van der Waals surface area contributed by atoms with Crippen LogP contribution < -0.4 is 10.1 Å². The smallest absolute Gasteiger partial charge is 0.414 e. The Labute approximate surface area is 157 Å². The van der Waals surface area contributed by atoms with Gasteiger partial charge < -0.3 is 9.47 Å². The minimum absolute atomic E-state index is 0.193. The van der Waals surface area contributed by atoms with E-state index in [9.17, 15) is 9.59 Å². The third-order valence-corrected chi connectivity index (χ3v) is 3.79. The summed E-state index contributed by atoms with van der Waals surface area (Å²) in [4.78, 5) is 23.6. The summed E-state index contributed by atoms with van der Waals surface area (Å²) in [6.45, 7) is 1.86. The lowest BCUT2D eigenvalue weighted by atomic mass is 10.0. The number of nitrogens with one attached hydrogen (secondary N) is 1.